The second-order valence-corrected chi connectivity index (χ2v) is 5.66. The molecule has 0 aromatic heterocycles. The summed E-state index contributed by atoms with van der Waals surface area (Å²) in [4.78, 5) is 14.5. The van der Waals surface area contributed by atoms with E-state index in [4.69, 9.17) is 9.47 Å². The number of halogens is 1. The second-order valence-electron chi connectivity index (χ2n) is 5.66. The van der Waals surface area contributed by atoms with Crippen LogP contribution in [0.25, 0.3) is 0 Å². The number of likely N-dealkylation sites (tertiary alicyclic amines) is 1. The van der Waals surface area contributed by atoms with Crippen molar-refractivity contribution in [3.63, 3.8) is 0 Å². The van der Waals surface area contributed by atoms with Gasteiger partial charge < -0.3 is 19.7 Å². The zero-order valence-electron chi connectivity index (χ0n) is 13.9. The van der Waals surface area contributed by atoms with Gasteiger partial charge in [-0.05, 0) is 50.6 Å². The minimum Gasteiger partial charge on any atom is -0.491 e. The van der Waals surface area contributed by atoms with Crippen molar-refractivity contribution in [2.45, 2.75) is 12.8 Å². The normalized spacial score (nSPS) is 15.1. The zero-order valence-corrected chi connectivity index (χ0v) is 14.7. The molecule has 0 radical (unpaired) electrons. The van der Waals surface area contributed by atoms with Gasteiger partial charge in [0, 0.05) is 25.8 Å². The molecule has 1 aliphatic heterocycles. The summed E-state index contributed by atoms with van der Waals surface area (Å²) >= 11 is 0. The van der Waals surface area contributed by atoms with E-state index in [-0.39, 0.29) is 18.3 Å². The van der Waals surface area contributed by atoms with E-state index in [1.165, 1.54) is 0 Å². The molecule has 0 unspecified atom stereocenters. The molecule has 1 fully saturated rings. The number of carbonyl (C=O) groups is 1. The van der Waals surface area contributed by atoms with Crippen LogP contribution in [0.5, 0.6) is 5.75 Å². The van der Waals surface area contributed by atoms with E-state index in [1.807, 2.05) is 36.2 Å². The Kier molecular flexibility index (Phi) is 8.99. The first-order valence-corrected chi connectivity index (χ1v) is 7.90. The number of benzene rings is 1. The van der Waals surface area contributed by atoms with Crippen molar-refractivity contribution < 1.29 is 14.3 Å². The Bertz CT molecular complexity index is 477. The highest BCUT2D eigenvalue weighted by Crippen LogP contribution is 2.20. The molecule has 0 bridgehead atoms. The SMILES string of the molecule is CNCC1CCN(C(=O)c2cccc(OCCOC)c2)CC1.Cl. The number of hydrogen-bond acceptors (Lipinski definition) is 4. The van der Waals surface area contributed by atoms with Gasteiger partial charge in [-0.25, -0.2) is 0 Å². The average molecular weight is 343 g/mol. The summed E-state index contributed by atoms with van der Waals surface area (Å²) in [6, 6.07) is 7.40. The van der Waals surface area contributed by atoms with E-state index in [0.717, 1.165) is 32.5 Å². The van der Waals surface area contributed by atoms with Crippen LogP contribution in [0.3, 0.4) is 0 Å². The first-order valence-electron chi connectivity index (χ1n) is 7.90. The molecule has 0 saturated carbocycles. The molecule has 6 heteroatoms. The fraction of sp³-hybridized carbons (Fsp3) is 0.588. The van der Waals surface area contributed by atoms with E-state index in [1.54, 1.807) is 7.11 Å². The minimum atomic E-state index is 0. The van der Waals surface area contributed by atoms with Gasteiger partial charge in [0.2, 0.25) is 0 Å². The molecule has 5 nitrogen and oxygen atoms in total. The van der Waals surface area contributed by atoms with Crippen molar-refractivity contribution in [2.75, 3.05) is 47.0 Å². The number of amides is 1. The number of hydrogen-bond donors (Lipinski definition) is 1. The lowest BCUT2D eigenvalue weighted by atomic mass is 9.96. The number of nitrogens with one attached hydrogen (secondary N) is 1. The van der Waals surface area contributed by atoms with Crippen LogP contribution in [0.15, 0.2) is 24.3 Å². The van der Waals surface area contributed by atoms with Crippen LogP contribution in [-0.4, -0.2) is 57.8 Å². The van der Waals surface area contributed by atoms with Crippen molar-refractivity contribution in [3.8, 4) is 5.75 Å². The Morgan fingerprint density at radius 3 is 2.70 bits per heavy atom. The number of nitrogens with zero attached hydrogens (tertiary/aromatic N) is 1. The molecule has 0 spiro atoms. The maximum atomic E-state index is 12.6. The number of piperidine rings is 1. The molecule has 130 valence electrons. The Labute approximate surface area is 144 Å². The van der Waals surface area contributed by atoms with Crippen molar-refractivity contribution in [3.05, 3.63) is 29.8 Å². The van der Waals surface area contributed by atoms with Crippen molar-refractivity contribution in [2.24, 2.45) is 5.92 Å². The molecule has 0 aliphatic carbocycles. The van der Waals surface area contributed by atoms with Crippen molar-refractivity contribution in [1.82, 2.24) is 10.2 Å². The average Bonchev–Trinajstić information content (AvgIpc) is 2.56. The number of methoxy groups -OCH3 is 1. The van der Waals surface area contributed by atoms with Crippen LogP contribution >= 0.6 is 12.4 Å². The van der Waals surface area contributed by atoms with E-state index >= 15 is 0 Å². The topological polar surface area (TPSA) is 50.8 Å². The van der Waals surface area contributed by atoms with Gasteiger partial charge in [0.15, 0.2) is 0 Å². The minimum absolute atomic E-state index is 0. The van der Waals surface area contributed by atoms with E-state index < -0.39 is 0 Å². The monoisotopic (exact) mass is 342 g/mol. The number of ether oxygens (including phenoxy) is 2. The predicted octanol–water partition coefficient (Wildman–Crippen LogP) is 2.21. The van der Waals surface area contributed by atoms with E-state index in [9.17, 15) is 4.79 Å². The third kappa shape index (κ3) is 6.01. The van der Waals surface area contributed by atoms with Crippen molar-refractivity contribution >= 4 is 18.3 Å². The summed E-state index contributed by atoms with van der Waals surface area (Å²) in [5, 5.41) is 3.21. The molecule has 0 atom stereocenters. The maximum absolute atomic E-state index is 12.6. The fourth-order valence-corrected chi connectivity index (χ4v) is 2.77. The first kappa shape index (κ1) is 19.7. The van der Waals surface area contributed by atoms with Crippen LogP contribution in [0, 0.1) is 5.92 Å². The van der Waals surface area contributed by atoms with E-state index in [0.29, 0.717) is 30.4 Å². The van der Waals surface area contributed by atoms with Gasteiger partial charge in [-0.3, -0.25) is 4.79 Å². The molecule has 2 rings (SSSR count). The van der Waals surface area contributed by atoms with Gasteiger partial charge in [-0.2, -0.15) is 0 Å². The predicted molar refractivity (Wildman–Crippen MR) is 93.6 cm³/mol. The highest BCUT2D eigenvalue weighted by molar-refractivity contribution is 5.94. The lowest BCUT2D eigenvalue weighted by molar-refractivity contribution is 0.0690. The third-order valence-electron chi connectivity index (χ3n) is 4.03. The standard InChI is InChI=1S/C17H26N2O3.ClH/c1-18-13-14-6-8-19(9-7-14)17(20)15-4-3-5-16(12-15)22-11-10-21-2;/h3-5,12,14,18H,6-11,13H2,1-2H3;1H. The number of carbonyl (C=O) groups excluding carboxylic acids is 1. The molecule has 1 saturated heterocycles. The summed E-state index contributed by atoms with van der Waals surface area (Å²) in [5.41, 5.74) is 0.696. The largest absolute Gasteiger partial charge is 0.491 e. The first-order chi connectivity index (χ1) is 10.7. The van der Waals surface area contributed by atoms with Crippen LogP contribution < -0.4 is 10.1 Å². The molecule has 1 aliphatic rings. The van der Waals surface area contributed by atoms with Crippen molar-refractivity contribution in [1.29, 1.82) is 0 Å². The van der Waals surface area contributed by atoms with Gasteiger partial charge in [-0.15, -0.1) is 12.4 Å². The van der Waals surface area contributed by atoms with Gasteiger partial charge in [0.1, 0.15) is 12.4 Å². The highest BCUT2D eigenvalue weighted by atomic mass is 35.5. The lowest BCUT2D eigenvalue weighted by Gasteiger charge is -2.32. The molecule has 23 heavy (non-hydrogen) atoms. The molecule has 1 aromatic rings. The van der Waals surface area contributed by atoms with Gasteiger partial charge in [0.05, 0.1) is 6.61 Å². The van der Waals surface area contributed by atoms with E-state index in [2.05, 4.69) is 5.32 Å². The zero-order chi connectivity index (χ0) is 15.8. The second kappa shape index (κ2) is 10.5. The smallest absolute Gasteiger partial charge is 0.253 e. The molecule has 1 heterocycles. The van der Waals surface area contributed by atoms with Gasteiger partial charge in [-0.1, -0.05) is 6.07 Å². The summed E-state index contributed by atoms with van der Waals surface area (Å²) in [7, 11) is 3.62. The molecular weight excluding hydrogens is 316 g/mol. The maximum Gasteiger partial charge on any atom is 0.253 e. The van der Waals surface area contributed by atoms with Gasteiger partial charge in [0.25, 0.3) is 5.91 Å². The molecule has 1 amide bonds. The summed E-state index contributed by atoms with van der Waals surface area (Å²) < 4.78 is 10.5. The Hall–Kier alpha value is -1.30. The van der Waals surface area contributed by atoms with Crippen LogP contribution in [-0.2, 0) is 4.74 Å². The molecule has 1 aromatic carbocycles. The van der Waals surface area contributed by atoms with Crippen LogP contribution in [0.1, 0.15) is 23.2 Å². The molecular formula is C17H27ClN2O3. The fourth-order valence-electron chi connectivity index (χ4n) is 2.77. The quantitative estimate of drug-likeness (QED) is 0.772. The number of rotatable bonds is 7. The lowest BCUT2D eigenvalue weighted by Crippen LogP contribution is -2.40. The van der Waals surface area contributed by atoms with Crippen LogP contribution in [0.4, 0.5) is 0 Å². The Morgan fingerprint density at radius 2 is 2.04 bits per heavy atom. The van der Waals surface area contributed by atoms with Gasteiger partial charge >= 0.3 is 0 Å². The summed E-state index contributed by atoms with van der Waals surface area (Å²) in [5.74, 6) is 1.49. The highest BCUT2D eigenvalue weighted by Gasteiger charge is 2.23. The van der Waals surface area contributed by atoms with Crippen LogP contribution in [0.2, 0.25) is 0 Å². The third-order valence-corrected chi connectivity index (χ3v) is 4.03. The Morgan fingerprint density at radius 1 is 1.30 bits per heavy atom. The summed E-state index contributed by atoms with van der Waals surface area (Å²) in [6.07, 6.45) is 2.13. The molecule has 1 N–H and O–H groups in total. The Balaban J connectivity index is 0.00000264. The summed E-state index contributed by atoms with van der Waals surface area (Å²) in [6.45, 7) is 3.73.